The second-order valence-electron chi connectivity index (χ2n) is 6.58. The number of benzene rings is 2. The van der Waals surface area contributed by atoms with Crippen molar-refractivity contribution in [2.24, 2.45) is 0 Å². The van der Waals surface area contributed by atoms with Crippen LogP contribution in [0.4, 0.5) is 10.5 Å². The number of rotatable bonds is 7. The van der Waals surface area contributed by atoms with Crippen LogP contribution in [0.2, 0.25) is 0 Å². The Morgan fingerprint density at radius 3 is 2.23 bits per heavy atom. The van der Waals surface area contributed by atoms with Crippen LogP contribution in [0.15, 0.2) is 66.7 Å². The molecule has 0 fully saturated rings. The highest BCUT2D eigenvalue weighted by Crippen LogP contribution is 2.19. The normalized spacial score (nSPS) is 10.3. The van der Waals surface area contributed by atoms with Gasteiger partial charge in [0.25, 0.3) is 0 Å². The molecule has 0 saturated heterocycles. The Labute approximate surface area is 174 Å². The van der Waals surface area contributed by atoms with Crippen molar-refractivity contribution >= 4 is 23.5 Å². The van der Waals surface area contributed by atoms with Crippen molar-refractivity contribution in [3.63, 3.8) is 0 Å². The fourth-order valence-electron chi connectivity index (χ4n) is 3.07. The topological polar surface area (TPSA) is 89.4 Å². The van der Waals surface area contributed by atoms with Gasteiger partial charge in [-0.2, -0.15) is 0 Å². The van der Waals surface area contributed by atoms with Gasteiger partial charge in [-0.25, -0.2) is 10.2 Å². The van der Waals surface area contributed by atoms with Gasteiger partial charge in [0.15, 0.2) is 5.78 Å². The molecule has 0 aliphatic carbocycles. The van der Waals surface area contributed by atoms with Gasteiger partial charge in [0.1, 0.15) is 0 Å². The monoisotopic (exact) mass is 405 g/mol. The molecule has 3 aromatic rings. The zero-order valence-electron chi connectivity index (χ0n) is 16.8. The molecule has 1 aromatic heterocycles. The first-order valence-corrected chi connectivity index (χ1v) is 9.59. The standard InChI is InChI=1S/C23H23N3O4/c1-3-30-21(27)15-19-14-20(22(28)17-10-6-4-7-11-17)16(2)26(19)25-23(29)24-18-12-8-5-9-13-18/h4-14H,3,15H2,1-2H3,(H2,24,25,29). The van der Waals surface area contributed by atoms with E-state index in [2.05, 4.69) is 10.7 Å². The lowest BCUT2D eigenvalue weighted by molar-refractivity contribution is -0.142. The third-order valence-electron chi connectivity index (χ3n) is 4.48. The van der Waals surface area contributed by atoms with E-state index in [0.717, 1.165) is 0 Å². The van der Waals surface area contributed by atoms with Gasteiger partial charge >= 0.3 is 12.0 Å². The Kier molecular flexibility index (Phi) is 6.64. The highest BCUT2D eigenvalue weighted by atomic mass is 16.5. The number of anilines is 1. The lowest BCUT2D eigenvalue weighted by atomic mass is 10.0. The van der Waals surface area contributed by atoms with Crippen LogP contribution in [0.5, 0.6) is 0 Å². The number of hydrogen-bond acceptors (Lipinski definition) is 4. The summed E-state index contributed by atoms with van der Waals surface area (Å²) >= 11 is 0. The molecular formula is C23H23N3O4. The molecule has 0 saturated carbocycles. The van der Waals surface area contributed by atoms with E-state index in [1.54, 1.807) is 68.4 Å². The number of para-hydroxylation sites is 1. The van der Waals surface area contributed by atoms with Crippen LogP contribution in [0.3, 0.4) is 0 Å². The Morgan fingerprint density at radius 1 is 0.967 bits per heavy atom. The molecule has 0 spiro atoms. The van der Waals surface area contributed by atoms with Crippen LogP contribution in [-0.4, -0.2) is 29.1 Å². The molecule has 3 rings (SSSR count). The van der Waals surface area contributed by atoms with Crippen LogP contribution >= 0.6 is 0 Å². The van der Waals surface area contributed by atoms with Crippen molar-refractivity contribution in [1.82, 2.24) is 4.68 Å². The molecule has 2 N–H and O–H groups in total. The maximum atomic E-state index is 13.0. The van der Waals surface area contributed by atoms with Gasteiger partial charge in [-0.15, -0.1) is 0 Å². The number of hydrogen-bond donors (Lipinski definition) is 2. The number of nitrogens with zero attached hydrogens (tertiary/aromatic N) is 1. The van der Waals surface area contributed by atoms with Crippen LogP contribution < -0.4 is 10.7 Å². The minimum Gasteiger partial charge on any atom is -0.466 e. The number of carbonyl (C=O) groups excluding carboxylic acids is 3. The van der Waals surface area contributed by atoms with Crippen molar-refractivity contribution in [2.75, 3.05) is 17.3 Å². The second kappa shape index (κ2) is 9.56. The number of nitrogens with one attached hydrogen (secondary N) is 2. The number of amides is 2. The maximum Gasteiger partial charge on any atom is 0.338 e. The summed E-state index contributed by atoms with van der Waals surface area (Å²) in [6.45, 7) is 3.68. The first kappa shape index (κ1) is 20.9. The summed E-state index contributed by atoms with van der Waals surface area (Å²) in [6, 6.07) is 18.9. The average molecular weight is 405 g/mol. The highest BCUT2D eigenvalue weighted by Gasteiger charge is 2.22. The Morgan fingerprint density at radius 2 is 1.60 bits per heavy atom. The molecule has 0 atom stereocenters. The van der Waals surface area contributed by atoms with Crippen LogP contribution in [0, 0.1) is 6.92 Å². The number of urea groups is 1. The molecule has 0 bridgehead atoms. The quantitative estimate of drug-likeness (QED) is 0.461. The summed E-state index contributed by atoms with van der Waals surface area (Å²) in [7, 11) is 0. The second-order valence-corrected chi connectivity index (χ2v) is 6.58. The zero-order valence-corrected chi connectivity index (χ0v) is 16.8. The summed E-state index contributed by atoms with van der Waals surface area (Å²) < 4.78 is 6.48. The van der Waals surface area contributed by atoms with E-state index in [0.29, 0.717) is 28.2 Å². The Hall–Kier alpha value is -3.87. The largest absolute Gasteiger partial charge is 0.466 e. The zero-order chi connectivity index (χ0) is 21.5. The summed E-state index contributed by atoms with van der Waals surface area (Å²) in [4.78, 5) is 37.5. The van der Waals surface area contributed by atoms with E-state index in [9.17, 15) is 14.4 Å². The van der Waals surface area contributed by atoms with E-state index < -0.39 is 12.0 Å². The summed E-state index contributed by atoms with van der Waals surface area (Å²) in [5, 5.41) is 2.72. The summed E-state index contributed by atoms with van der Waals surface area (Å²) in [5.74, 6) is -0.637. The molecular weight excluding hydrogens is 382 g/mol. The molecule has 0 unspecified atom stereocenters. The number of ketones is 1. The van der Waals surface area contributed by atoms with Gasteiger partial charge < -0.3 is 10.1 Å². The molecule has 154 valence electrons. The van der Waals surface area contributed by atoms with Gasteiger partial charge in [0.2, 0.25) is 0 Å². The van der Waals surface area contributed by atoms with Gasteiger partial charge in [-0.1, -0.05) is 48.5 Å². The van der Waals surface area contributed by atoms with Gasteiger partial charge in [-0.3, -0.25) is 14.3 Å². The molecule has 1 heterocycles. The predicted octanol–water partition coefficient (Wildman–Crippen LogP) is 3.91. The number of esters is 1. The minimum atomic E-state index is -0.497. The van der Waals surface area contributed by atoms with Crippen molar-refractivity contribution in [2.45, 2.75) is 20.3 Å². The van der Waals surface area contributed by atoms with E-state index in [1.807, 2.05) is 12.1 Å². The molecule has 0 aliphatic heterocycles. The lowest BCUT2D eigenvalue weighted by Gasteiger charge is -2.14. The van der Waals surface area contributed by atoms with Gasteiger partial charge in [0, 0.05) is 22.5 Å². The van der Waals surface area contributed by atoms with E-state index in [-0.39, 0.29) is 18.8 Å². The fourth-order valence-corrected chi connectivity index (χ4v) is 3.07. The molecule has 0 radical (unpaired) electrons. The number of carbonyl (C=O) groups is 3. The maximum absolute atomic E-state index is 13.0. The number of ether oxygens (including phenoxy) is 1. The first-order valence-electron chi connectivity index (χ1n) is 9.59. The molecule has 7 nitrogen and oxygen atoms in total. The van der Waals surface area contributed by atoms with Gasteiger partial charge in [-0.05, 0) is 32.0 Å². The molecule has 0 aliphatic rings. The van der Waals surface area contributed by atoms with Crippen LogP contribution in [-0.2, 0) is 16.0 Å². The molecule has 7 heteroatoms. The predicted molar refractivity (Wildman–Crippen MR) is 114 cm³/mol. The lowest BCUT2D eigenvalue weighted by Crippen LogP contribution is -2.30. The average Bonchev–Trinajstić information content (AvgIpc) is 3.04. The minimum absolute atomic E-state index is 0.0810. The Bertz CT molecular complexity index is 1040. The first-order chi connectivity index (χ1) is 14.5. The number of aromatic nitrogens is 1. The molecule has 30 heavy (non-hydrogen) atoms. The van der Waals surface area contributed by atoms with Crippen LogP contribution in [0.1, 0.15) is 34.2 Å². The van der Waals surface area contributed by atoms with E-state index in [4.69, 9.17) is 4.74 Å². The smallest absolute Gasteiger partial charge is 0.338 e. The van der Waals surface area contributed by atoms with Crippen molar-refractivity contribution < 1.29 is 19.1 Å². The summed E-state index contributed by atoms with van der Waals surface area (Å²) in [6.07, 6.45) is -0.0810. The SMILES string of the molecule is CCOC(=O)Cc1cc(C(=O)c2ccccc2)c(C)n1NC(=O)Nc1ccccc1. The van der Waals surface area contributed by atoms with E-state index >= 15 is 0 Å². The summed E-state index contributed by atoms with van der Waals surface area (Å²) in [5.41, 5.74) is 5.22. The Balaban J connectivity index is 1.90. The van der Waals surface area contributed by atoms with Crippen molar-refractivity contribution in [3.05, 3.63) is 89.2 Å². The van der Waals surface area contributed by atoms with E-state index in [1.165, 1.54) is 4.68 Å². The van der Waals surface area contributed by atoms with Crippen molar-refractivity contribution in [3.8, 4) is 0 Å². The molecule has 2 amide bonds. The van der Waals surface area contributed by atoms with Gasteiger partial charge in [0.05, 0.1) is 18.7 Å². The van der Waals surface area contributed by atoms with Crippen LogP contribution in [0.25, 0.3) is 0 Å². The highest BCUT2D eigenvalue weighted by molar-refractivity contribution is 6.10. The fraction of sp³-hybridized carbons (Fsp3) is 0.174. The van der Waals surface area contributed by atoms with Crippen molar-refractivity contribution in [1.29, 1.82) is 0 Å². The third kappa shape index (κ3) is 4.94. The third-order valence-corrected chi connectivity index (χ3v) is 4.48. The molecule has 2 aromatic carbocycles.